The Hall–Kier alpha value is -13.1. The van der Waals surface area contributed by atoms with E-state index < -0.39 is 35.9 Å². The molecular formula is C72H70ClN23O8. The zero-order valence-electron chi connectivity index (χ0n) is 57.1. The summed E-state index contributed by atoms with van der Waals surface area (Å²) in [5.74, 6) is 0.798. The Morgan fingerprint density at radius 3 is 1.24 bits per heavy atom. The molecule has 3 saturated heterocycles. The molecule has 4 aromatic carbocycles. The lowest BCUT2D eigenvalue weighted by Gasteiger charge is -2.37. The van der Waals surface area contributed by atoms with E-state index in [2.05, 4.69) is 102 Å². The van der Waals surface area contributed by atoms with Crippen molar-refractivity contribution in [2.45, 2.75) is 83.6 Å². The van der Waals surface area contributed by atoms with E-state index in [1.807, 2.05) is 51.1 Å². The van der Waals surface area contributed by atoms with Gasteiger partial charge in [0.05, 0.1) is 114 Å². The number of nitriles is 5. The Bertz CT molecular complexity index is 4700. The highest BCUT2D eigenvalue weighted by Gasteiger charge is 2.36. The van der Waals surface area contributed by atoms with E-state index in [-0.39, 0.29) is 49.6 Å². The largest absolute Gasteiger partial charge is 0.444 e. The predicted molar refractivity (Wildman–Crippen MR) is 381 cm³/mol. The number of morpholine rings is 3. The third kappa shape index (κ3) is 23.3. The number of amides is 4. The number of anilines is 5. The lowest BCUT2D eigenvalue weighted by molar-refractivity contribution is -0.135. The normalized spacial score (nSPS) is 17.1. The lowest BCUT2D eigenvalue weighted by atomic mass is 10.1. The van der Waals surface area contributed by atoms with Crippen molar-refractivity contribution in [3.8, 4) is 75.5 Å². The van der Waals surface area contributed by atoms with Crippen LogP contribution in [-0.2, 0) is 33.3 Å². The molecule has 8 N–H and O–H groups in total. The van der Waals surface area contributed by atoms with Crippen LogP contribution in [0.5, 0.6) is 0 Å². The molecule has 6 atom stereocenters. The third-order valence-corrected chi connectivity index (χ3v) is 15.2. The lowest BCUT2D eigenvalue weighted by Crippen LogP contribution is -2.55. The molecule has 3 fully saturated rings. The van der Waals surface area contributed by atoms with E-state index in [1.54, 1.807) is 112 Å². The van der Waals surface area contributed by atoms with Crippen molar-refractivity contribution in [3.05, 3.63) is 186 Å². The number of ether oxygens (including phenoxy) is 4. The average Bonchev–Trinajstić information content (AvgIpc) is 0.864. The van der Waals surface area contributed by atoms with Crippen molar-refractivity contribution in [1.29, 1.82) is 26.3 Å². The number of carbonyl (C=O) groups excluding carboxylic acids is 4. The van der Waals surface area contributed by atoms with Crippen molar-refractivity contribution < 1.29 is 38.1 Å². The molecule has 0 bridgehead atoms. The molecule has 0 spiro atoms. The second kappa shape index (κ2) is 37.4. The van der Waals surface area contributed by atoms with Crippen LogP contribution in [0.25, 0.3) is 45.0 Å². The minimum Gasteiger partial charge on any atom is -0.444 e. The van der Waals surface area contributed by atoms with Crippen LogP contribution in [0.1, 0.15) is 63.8 Å². The van der Waals surface area contributed by atoms with E-state index in [0.717, 1.165) is 27.9 Å². The van der Waals surface area contributed by atoms with Gasteiger partial charge in [-0.2, -0.15) is 26.3 Å². The Morgan fingerprint density at radius 2 is 0.875 bits per heavy atom. The first kappa shape index (κ1) is 76.7. The molecule has 528 valence electrons. The van der Waals surface area contributed by atoms with Crippen LogP contribution in [0.2, 0.25) is 5.15 Å². The number of halogens is 1. The van der Waals surface area contributed by atoms with Crippen LogP contribution in [0, 0.1) is 56.8 Å². The molecule has 3 unspecified atom stereocenters. The van der Waals surface area contributed by atoms with Crippen molar-refractivity contribution in [2.24, 2.45) is 0 Å². The second-order valence-corrected chi connectivity index (χ2v) is 24.4. The number of carbonyl (C=O) groups is 4. The third-order valence-electron chi connectivity index (χ3n) is 14.9. The fraction of sp³-hybridized carbons (Fsp3) is 0.264. The van der Waals surface area contributed by atoms with Gasteiger partial charge in [0.25, 0.3) is 17.7 Å². The second-order valence-electron chi connectivity index (χ2n) is 24.1. The van der Waals surface area contributed by atoms with E-state index >= 15 is 0 Å². The molecule has 32 heteroatoms. The quantitative estimate of drug-likeness (QED) is 0.0555. The van der Waals surface area contributed by atoms with Gasteiger partial charge in [-0.25, -0.2) is 54.6 Å². The van der Waals surface area contributed by atoms with Crippen LogP contribution in [0.4, 0.5) is 33.9 Å². The Morgan fingerprint density at radius 1 is 0.500 bits per heavy atom. The number of rotatable bonds is 10. The van der Waals surface area contributed by atoms with E-state index in [4.69, 9.17) is 68.3 Å². The average molecular weight is 1420 g/mol. The van der Waals surface area contributed by atoms with Gasteiger partial charge in [0.2, 0.25) is 0 Å². The topological polar surface area (TPSA) is 460 Å². The highest BCUT2D eigenvalue weighted by Crippen LogP contribution is 2.26. The van der Waals surface area contributed by atoms with Gasteiger partial charge in [0.15, 0.2) is 18.4 Å². The summed E-state index contributed by atoms with van der Waals surface area (Å²) < 4.78 is 22.1. The molecular weight excluding hydrogens is 1350 g/mol. The predicted octanol–water partition coefficient (Wildman–Crippen LogP) is 8.14. The van der Waals surface area contributed by atoms with Gasteiger partial charge in [0.1, 0.15) is 77.6 Å². The van der Waals surface area contributed by atoms with Gasteiger partial charge >= 0.3 is 6.09 Å². The van der Waals surface area contributed by atoms with Gasteiger partial charge in [0, 0.05) is 65.2 Å². The molecule has 4 amide bonds. The van der Waals surface area contributed by atoms with Crippen LogP contribution < -0.4 is 32.7 Å². The Kier molecular flexibility index (Phi) is 27.6. The van der Waals surface area contributed by atoms with Gasteiger partial charge < -0.3 is 61.5 Å². The molecule has 0 aliphatic carbocycles. The number of hydrogen-bond acceptors (Lipinski definition) is 27. The van der Waals surface area contributed by atoms with Crippen LogP contribution in [0.15, 0.2) is 159 Å². The zero-order valence-corrected chi connectivity index (χ0v) is 57.9. The molecule has 5 aromatic heterocycles. The molecule has 9 aromatic rings. The molecule has 3 aliphatic rings. The monoisotopic (exact) mass is 1420 g/mol. The Labute approximate surface area is 603 Å². The van der Waals surface area contributed by atoms with Crippen LogP contribution in [-0.4, -0.2) is 165 Å². The number of aromatic nitrogens is 10. The summed E-state index contributed by atoms with van der Waals surface area (Å²) >= 11 is 5.41. The number of nitrogens with one attached hydrogen (secondary N) is 4. The summed E-state index contributed by atoms with van der Waals surface area (Å²) in [4.78, 5) is 92.9. The Balaban J connectivity index is 0.000000173. The summed E-state index contributed by atoms with van der Waals surface area (Å²) in [5.41, 5.74) is 18.0. The fourth-order valence-corrected chi connectivity index (χ4v) is 9.80. The summed E-state index contributed by atoms with van der Waals surface area (Å²) in [7, 11) is 0. The fourth-order valence-electron chi connectivity index (χ4n) is 9.64. The highest BCUT2D eigenvalue weighted by atomic mass is 35.5. The minimum absolute atomic E-state index is 0.0536. The van der Waals surface area contributed by atoms with Crippen molar-refractivity contribution in [1.82, 2.24) is 65.0 Å². The molecule has 31 nitrogen and oxygen atoms in total. The molecule has 104 heavy (non-hydrogen) atoms. The van der Waals surface area contributed by atoms with E-state index in [0.29, 0.717) is 93.3 Å². The highest BCUT2D eigenvalue weighted by molar-refractivity contribution is 6.29. The molecule has 0 saturated carbocycles. The first-order valence-electron chi connectivity index (χ1n) is 32.0. The first-order valence-corrected chi connectivity index (χ1v) is 32.3. The van der Waals surface area contributed by atoms with E-state index in [1.165, 1.54) is 47.5 Å². The number of benzene rings is 4. The maximum atomic E-state index is 12.8. The summed E-state index contributed by atoms with van der Waals surface area (Å²) in [6.07, 6.45) is 6.22. The van der Waals surface area contributed by atoms with Crippen molar-refractivity contribution in [3.63, 3.8) is 0 Å². The minimum atomic E-state index is -0.857. The number of hydrogen-bond donors (Lipinski definition) is 6. The number of nitrogens with two attached hydrogens (primary N) is 2. The smallest absolute Gasteiger partial charge is 0.410 e. The summed E-state index contributed by atoms with van der Waals surface area (Å²) in [6.45, 7) is 12.8. The molecule has 12 rings (SSSR count). The zero-order chi connectivity index (χ0) is 74.7. The van der Waals surface area contributed by atoms with Gasteiger partial charge in [-0.05, 0) is 90.1 Å². The van der Waals surface area contributed by atoms with Gasteiger partial charge in [-0.3, -0.25) is 14.4 Å². The SMILES string of the molecule is CC1CO[C@@H](C(=O)Nc2cc(-c3cccc(C#N)c3)ncn2)CN1.CC1CO[C@@H](C(=O)Nc2cc(-c3cccc(C#N)c3)ncn2)CN1C#N.CC1CO[C@@H](C(=O)Nc2cc(-c3cccc(C#N)c3)ncn2)CN1C(=O)OC(C)(C)C.N#Cc1cccc(-c2cc(N)ncn2)c1.Nc1cc(Cl)ncn1. The summed E-state index contributed by atoms with van der Waals surface area (Å²) in [6, 6.07) is 44.7. The van der Waals surface area contributed by atoms with Crippen LogP contribution in [0.3, 0.4) is 0 Å². The number of nitrogens with zero attached hydrogens (tertiary/aromatic N) is 17. The maximum Gasteiger partial charge on any atom is 0.410 e. The van der Waals surface area contributed by atoms with E-state index in [9.17, 15) is 19.2 Å². The first-order chi connectivity index (χ1) is 50.0. The maximum absolute atomic E-state index is 12.8. The van der Waals surface area contributed by atoms with Crippen LogP contribution >= 0.6 is 11.6 Å². The molecule has 8 heterocycles. The van der Waals surface area contributed by atoms with Crippen molar-refractivity contribution in [2.75, 3.05) is 66.9 Å². The van der Waals surface area contributed by atoms with Gasteiger partial charge in [-0.1, -0.05) is 60.1 Å². The summed E-state index contributed by atoms with van der Waals surface area (Å²) in [5, 5.41) is 56.7. The van der Waals surface area contributed by atoms with Gasteiger partial charge in [-0.15, -0.1) is 0 Å². The molecule has 0 radical (unpaired) electrons. The molecule has 3 aliphatic heterocycles. The number of nitrogen functional groups attached to an aromatic ring is 2. The standard InChI is InChI=1S/C22H25N5O4.C18H16N6O2.C17H17N5O2.C11H8N4.C4H4ClN3/c1-14-12-30-18(11-27(14)21(29)31-22(2,3)4)20(28)26-19-9-17(24-13-25-19)16-7-5-6-15(8-16)10-23;1-12-9-26-16(8-24(12)10-20)18(25)23-17-6-15(21-11-22-17)14-4-2-3-13(5-14)7-19;1-11-9-24-15(8-19-11)17(23)22-16-6-14(20-10-21-16)13-4-2-3-12(5-13)7-18;12-6-8-2-1-3-9(4-8)10-5-11(13)15-7-14-10;5-3-1-4(6)8-2-7-3/h5-9,13-14,18H,11-12H2,1-4H3,(H,24,25,26,28);2-6,11-12,16H,8-9H2,1H3,(H,21,22,23,25);2-6,10-11,15,19H,8-9H2,1H3,(H,20,21,22,23);1-5,7H,(H2,13,14,15);1-2H,(H2,6,7,8)/t14?,18-;12?,16-;11?,15-;;/m111../s1. The van der Waals surface area contributed by atoms with Crippen molar-refractivity contribution >= 4 is 64.5 Å².